The van der Waals surface area contributed by atoms with Crippen LogP contribution in [0.3, 0.4) is 0 Å². The van der Waals surface area contributed by atoms with E-state index in [4.69, 9.17) is 0 Å². The average Bonchev–Trinajstić information content (AvgIpc) is 2.21. The molecule has 0 saturated carbocycles. The van der Waals surface area contributed by atoms with Gasteiger partial charge in [-0.2, -0.15) is 0 Å². The number of hydrogen-bond acceptors (Lipinski definition) is 4. The third-order valence-electron chi connectivity index (χ3n) is 1.91. The molecule has 1 unspecified atom stereocenters. The molecular formula is C10H17NO3S. The second-order valence-electron chi connectivity index (χ2n) is 3.19. The minimum Gasteiger partial charge on any atom is -0.356 e. The molecule has 0 radical (unpaired) electrons. The summed E-state index contributed by atoms with van der Waals surface area (Å²) < 4.78 is 0. The molecule has 0 aliphatic carbocycles. The van der Waals surface area contributed by atoms with Crippen molar-refractivity contribution in [2.45, 2.75) is 27.2 Å². The number of carbonyl (C=O) groups excluding carboxylic acids is 3. The van der Waals surface area contributed by atoms with Crippen molar-refractivity contribution >= 4 is 28.6 Å². The number of ketones is 1. The van der Waals surface area contributed by atoms with Crippen LogP contribution in [0, 0.1) is 5.92 Å². The van der Waals surface area contributed by atoms with E-state index < -0.39 is 5.92 Å². The highest BCUT2D eigenvalue weighted by Crippen LogP contribution is 2.12. The Morgan fingerprint density at radius 2 is 1.93 bits per heavy atom. The lowest BCUT2D eigenvalue weighted by Crippen LogP contribution is -2.24. The van der Waals surface area contributed by atoms with E-state index in [2.05, 4.69) is 5.32 Å². The molecule has 1 atom stereocenters. The van der Waals surface area contributed by atoms with E-state index in [1.165, 1.54) is 6.92 Å². The molecule has 1 amide bonds. The first-order valence-corrected chi connectivity index (χ1v) is 5.91. The van der Waals surface area contributed by atoms with Gasteiger partial charge in [-0.25, -0.2) is 0 Å². The van der Waals surface area contributed by atoms with Crippen LogP contribution in [0.4, 0.5) is 0 Å². The molecule has 5 heteroatoms. The second-order valence-corrected chi connectivity index (χ2v) is 4.29. The van der Waals surface area contributed by atoms with E-state index >= 15 is 0 Å². The molecule has 0 saturated heterocycles. The largest absolute Gasteiger partial charge is 0.356 e. The minimum atomic E-state index is -0.530. The van der Waals surface area contributed by atoms with Gasteiger partial charge < -0.3 is 5.32 Å². The SMILES string of the molecule is CCC(=O)C(C)C(=O)SCCNC(C)=O. The molecule has 0 fully saturated rings. The van der Waals surface area contributed by atoms with Gasteiger partial charge in [-0.3, -0.25) is 14.4 Å². The highest BCUT2D eigenvalue weighted by Gasteiger charge is 2.19. The fraction of sp³-hybridized carbons (Fsp3) is 0.700. The third-order valence-corrected chi connectivity index (χ3v) is 2.95. The number of hydrogen-bond donors (Lipinski definition) is 1. The predicted molar refractivity (Wildman–Crippen MR) is 60.6 cm³/mol. The summed E-state index contributed by atoms with van der Waals surface area (Å²) in [5.41, 5.74) is 0. The number of rotatable bonds is 6. The molecular weight excluding hydrogens is 214 g/mol. The Balaban J connectivity index is 3.74. The van der Waals surface area contributed by atoms with Gasteiger partial charge in [0.1, 0.15) is 5.78 Å². The van der Waals surface area contributed by atoms with Gasteiger partial charge in [0.25, 0.3) is 0 Å². The molecule has 0 aromatic heterocycles. The van der Waals surface area contributed by atoms with Crippen molar-refractivity contribution in [1.29, 1.82) is 0 Å². The smallest absolute Gasteiger partial charge is 0.216 e. The van der Waals surface area contributed by atoms with Crippen LogP contribution in [0.15, 0.2) is 0 Å². The molecule has 0 heterocycles. The van der Waals surface area contributed by atoms with Crippen LogP contribution in [0.5, 0.6) is 0 Å². The monoisotopic (exact) mass is 231 g/mol. The standard InChI is InChI=1S/C10H17NO3S/c1-4-9(13)7(2)10(14)15-6-5-11-8(3)12/h7H,4-6H2,1-3H3,(H,11,12). The Kier molecular flexibility index (Phi) is 7.03. The molecule has 0 aliphatic rings. The summed E-state index contributed by atoms with van der Waals surface area (Å²) in [5.74, 6) is -0.162. The van der Waals surface area contributed by atoms with Crippen molar-refractivity contribution in [3.05, 3.63) is 0 Å². The van der Waals surface area contributed by atoms with Gasteiger partial charge in [-0.15, -0.1) is 0 Å². The first-order valence-electron chi connectivity index (χ1n) is 4.92. The van der Waals surface area contributed by atoms with Crippen LogP contribution in [0.1, 0.15) is 27.2 Å². The number of thioether (sulfide) groups is 1. The molecule has 0 bridgehead atoms. The zero-order valence-electron chi connectivity index (χ0n) is 9.33. The molecule has 0 aliphatic heterocycles. The third kappa shape index (κ3) is 6.28. The molecule has 86 valence electrons. The molecule has 0 rings (SSSR count). The van der Waals surface area contributed by atoms with Crippen LogP contribution in [-0.2, 0) is 14.4 Å². The van der Waals surface area contributed by atoms with Crippen molar-refractivity contribution < 1.29 is 14.4 Å². The van der Waals surface area contributed by atoms with Crippen molar-refractivity contribution in [1.82, 2.24) is 5.32 Å². The van der Waals surface area contributed by atoms with E-state index in [1.54, 1.807) is 13.8 Å². The van der Waals surface area contributed by atoms with Gasteiger partial charge in [0, 0.05) is 25.6 Å². The summed E-state index contributed by atoms with van der Waals surface area (Å²) in [4.78, 5) is 33.1. The second kappa shape index (κ2) is 7.45. The molecule has 4 nitrogen and oxygen atoms in total. The summed E-state index contributed by atoms with van der Waals surface area (Å²) in [6.07, 6.45) is 0.388. The maximum atomic E-state index is 11.4. The Hall–Kier alpha value is -0.840. The lowest BCUT2D eigenvalue weighted by molar-refractivity contribution is -0.127. The predicted octanol–water partition coefficient (Wildman–Crippen LogP) is 0.998. The van der Waals surface area contributed by atoms with Crippen LogP contribution < -0.4 is 5.32 Å². The van der Waals surface area contributed by atoms with Gasteiger partial charge in [0.05, 0.1) is 5.92 Å². The number of carbonyl (C=O) groups is 3. The summed E-state index contributed by atoms with van der Waals surface area (Å²) in [7, 11) is 0. The Bertz CT molecular complexity index is 253. The maximum absolute atomic E-state index is 11.4. The first kappa shape index (κ1) is 14.2. The van der Waals surface area contributed by atoms with E-state index in [0.29, 0.717) is 18.7 Å². The molecule has 0 aromatic carbocycles. The average molecular weight is 231 g/mol. The Morgan fingerprint density at radius 1 is 1.33 bits per heavy atom. The molecule has 0 spiro atoms. The van der Waals surface area contributed by atoms with Crippen molar-refractivity contribution in [3.8, 4) is 0 Å². The van der Waals surface area contributed by atoms with Gasteiger partial charge in [0.15, 0.2) is 5.12 Å². The lowest BCUT2D eigenvalue weighted by Gasteiger charge is -2.07. The maximum Gasteiger partial charge on any atom is 0.216 e. The van der Waals surface area contributed by atoms with Gasteiger partial charge in [-0.1, -0.05) is 18.7 Å². The summed E-state index contributed by atoms with van der Waals surface area (Å²) in [6.45, 7) is 5.25. The van der Waals surface area contributed by atoms with Crippen LogP contribution >= 0.6 is 11.8 Å². The number of amides is 1. The quantitative estimate of drug-likeness (QED) is 0.547. The van der Waals surface area contributed by atoms with E-state index in [9.17, 15) is 14.4 Å². The molecule has 15 heavy (non-hydrogen) atoms. The minimum absolute atomic E-state index is 0.0352. The molecule has 1 N–H and O–H groups in total. The van der Waals surface area contributed by atoms with E-state index in [1.807, 2.05) is 0 Å². The normalized spacial score (nSPS) is 11.9. The van der Waals surface area contributed by atoms with Crippen molar-refractivity contribution in [2.75, 3.05) is 12.3 Å². The highest BCUT2D eigenvalue weighted by atomic mass is 32.2. The summed E-state index contributed by atoms with van der Waals surface area (Å²) >= 11 is 1.10. The Labute approximate surface area is 94.2 Å². The lowest BCUT2D eigenvalue weighted by atomic mass is 10.1. The van der Waals surface area contributed by atoms with Crippen molar-refractivity contribution in [2.24, 2.45) is 5.92 Å². The van der Waals surface area contributed by atoms with Gasteiger partial charge in [0.2, 0.25) is 5.91 Å². The zero-order chi connectivity index (χ0) is 11.8. The van der Waals surface area contributed by atoms with E-state index in [0.717, 1.165) is 11.8 Å². The zero-order valence-corrected chi connectivity index (χ0v) is 10.1. The summed E-state index contributed by atoms with van der Waals surface area (Å²) in [5, 5.41) is 2.47. The number of Topliss-reactive ketones (excluding diaryl/α,β-unsaturated/α-hetero) is 1. The van der Waals surface area contributed by atoms with Crippen molar-refractivity contribution in [3.63, 3.8) is 0 Å². The highest BCUT2D eigenvalue weighted by molar-refractivity contribution is 8.13. The fourth-order valence-electron chi connectivity index (χ4n) is 0.941. The fourth-order valence-corrected chi connectivity index (χ4v) is 1.73. The van der Waals surface area contributed by atoms with Crippen LogP contribution in [0.2, 0.25) is 0 Å². The topological polar surface area (TPSA) is 63.2 Å². The molecule has 0 aromatic rings. The van der Waals surface area contributed by atoms with Crippen LogP contribution in [-0.4, -0.2) is 29.1 Å². The van der Waals surface area contributed by atoms with Gasteiger partial charge >= 0.3 is 0 Å². The Morgan fingerprint density at radius 3 is 2.40 bits per heavy atom. The van der Waals surface area contributed by atoms with Gasteiger partial charge in [-0.05, 0) is 6.92 Å². The summed E-state index contributed by atoms with van der Waals surface area (Å²) in [6, 6.07) is 0. The van der Waals surface area contributed by atoms with Crippen LogP contribution in [0.25, 0.3) is 0 Å². The van der Waals surface area contributed by atoms with E-state index in [-0.39, 0.29) is 16.8 Å². The number of nitrogens with one attached hydrogen (secondary N) is 1. The first-order chi connectivity index (χ1) is 6.99.